The molecule has 0 aliphatic carbocycles. The molecule has 0 radical (unpaired) electrons. The van der Waals surface area contributed by atoms with Gasteiger partial charge in [-0.25, -0.2) is 0 Å². The smallest absolute Gasteiger partial charge is 0.274 e. The van der Waals surface area contributed by atoms with Crippen LogP contribution in [0.25, 0.3) is 0 Å². The van der Waals surface area contributed by atoms with Crippen molar-refractivity contribution in [1.29, 1.82) is 0 Å². The van der Waals surface area contributed by atoms with Crippen LogP contribution >= 0.6 is 11.3 Å². The number of nitro groups is 1. The normalized spacial score (nSPS) is 17.5. The average Bonchev–Trinajstić information content (AvgIpc) is 3.03. The number of hydrogen-bond donors (Lipinski definition) is 1. The number of hydrogen-bond acceptors (Lipinski definition) is 5. The minimum Gasteiger partial charge on any atom is -0.314 e. The highest BCUT2D eigenvalue weighted by molar-refractivity contribution is 7.10. The van der Waals surface area contributed by atoms with Gasteiger partial charge >= 0.3 is 0 Å². The van der Waals surface area contributed by atoms with E-state index in [0.29, 0.717) is 0 Å². The van der Waals surface area contributed by atoms with Gasteiger partial charge in [-0.05, 0) is 11.4 Å². The monoisotopic (exact) mass is 303 g/mol. The van der Waals surface area contributed by atoms with Gasteiger partial charge in [-0.2, -0.15) is 0 Å². The van der Waals surface area contributed by atoms with Crippen LogP contribution in [0.1, 0.15) is 16.5 Å². The van der Waals surface area contributed by atoms with Crippen molar-refractivity contribution in [3.05, 3.63) is 62.3 Å². The lowest BCUT2D eigenvalue weighted by atomic mass is 10.0. The van der Waals surface area contributed by atoms with Crippen LogP contribution in [-0.4, -0.2) is 36.0 Å². The lowest BCUT2D eigenvalue weighted by Gasteiger charge is -2.34. The van der Waals surface area contributed by atoms with Crippen molar-refractivity contribution in [2.24, 2.45) is 0 Å². The quantitative estimate of drug-likeness (QED) is 0.697. The molecule has 1 aromatic carbocycles. The van der Waals surface area contributed by atoms with Gasteiger partial charge in [0.05, 0.1) is 16.5 Å². The van der Waals surface area contributed by atoms with Crippen molar-refractivity contribution in [3.8, 4) is 0 Å². The van der Waals surface area contributed by atoms with E-state index in [1.807, 2.05) is 23.6 Å². The summed E-state index contributed by atoms with van der Waals surface area (Å²) >= 11 is 1.66. The zero-order valence-electron chi connectivity index (χ0n) is 11.6. The van der Waals surface area contributed by atoms with Gasteiger partial charge in [0.25, 0.3) is 5.69 Å². The molecule has 5 nitrogen and oxygen atoms in total. The summed E-state index contributed by atoms with van der Waals surface area (Å²) in [5.74, 6) is 0. The zero-order chi connectivity index (χ0) is 14.7. The molecule has 0 unspecified atom stereocenters. The van der Waals surface area contributed by atoms with Gasteiger partial charge < -0.3 is 5.32 Å². The van der Waals surface area contributed by atoms with Crippen LogP contribution in [0.4, 0.5) is 5.69 Å². The van der Waals surface area contributed by atoms with E-state index >= 15 is 0 Å². The highest BCUT2D eigenvalue weighted by atomic mass is 32.1. The van der Waals surface area contributed by atoms with E-state index in [0.717, 1.165) is 36.6 Å². The van der Waals surface area contributed by atoms with Crippen molar-refractivity contribution in [2.75, 3.05) is 26.2 Å². The molecule has 1 aliphatic heterocycles. The Hall–Kier alpha value is -1.76. The van der Waals surface area contributed by atoms with Crippen molar-refractivity contribution in [2.45, 2.75) is 6.04 Å². The van der Waals surface area contributed by atoms with E-state index in [1.165, 1.54) is 0 Å². The van der Waals surface area contributed by atoms with Crippen LogP contribution in [0.2, 0.25) is 0 Å². The second-order valence-corrected chi connectivity index (χ2v) is 6.00. The average molecular weight is 303 g/mol. The SMILES string of the molecule is O=[N+]([O-])c1ccccc1[C@@H](c1cccs1)N1CCNCC1. The predicted molar refractivity (Wildman–Crippen MR) is 83.7 cm³/mol. The maximum atomic E-state index is 11.4. The summed E-state index contributed by atoms with van der Waals surface area (Å²) < 4.78 is 0. The fourth-order valence-electron chi connectivity index (χ4n) is 2.80. The van der Waals surface area contributed by atoms with Gasteiger partial charge in [-0.3, -0.25) is 15.0 Å². The molecule has 1 fully saturated rings. The van der Waals surface area contributed by atoms with Crippen LogP contribution in [0.3, 0.4) is 0 Å². The topological polar surface area (TPSA) is 58.4 Å². The highest BCUT2D eigenvalue weighted by Gasteiger charge is 2.29. The lowest BCUT2D eigenvalue weighted by Crippen LogP contribution is -2.45. The van der Waals surface area contributed by atoms with Gasteiger partial charge in [0.1, 0.15) is 0 Å². The first-order valence-corrected chi connectivity index (χ1v) is 7.87. The van der Waals surface area contributed by atoms with Crippen molar-refractivity contribution < 1.29 is 4.92 Å². The minimum absolute atomic E-state index is 0.0336. The zero-order valence-corrected chi connectivity index (χ0v) is 12.4. The summed E-state index contributed by atoms with van der Waals surface area (Å²) in [7, 11) is 0. The fourth-order valence-corrected chi connectivity index (χ4v) is 3.68. The van der Waals surface area contributed by atoms with Crippen LogP contribution in [-0.2, 0) is 0 Å². The molecule has 1 N–H and O–H groups in total. The van der Waals surface area contributed by atoms with Gasteiger partial charge in [-0.1, -0.05) is 24.3 Å². The Morgan fingerprint density at radius 2 is 1.95 bits per heavy atom. The highest BCUT2D eigenvalue weighted by Crippen LogP contribution is 2.36. The van der Waals surface area contributed by atoms with Crippen LogP contribution < -0.4 is 5.32 Å². The van der Waals surface area contributed by atoms with E-state index in [1.54, 1.807) is 23.5 Å². The molecule has 2 aromatic rings. The second kappa shape index (κ2) is 6.34. The Balaban J connectivity index is 2.05. The van der Waals surface area contributed by atoms with Crippen LogP contribution in [0.5, 0.6) is 0 Å². The predicted octanol–water partition coefficient (Wildman–Crippen LogP) is 2.65. The number of para-hydroxylation sites is 1. The Kier molecular flexibility index (Phi) is 4.28. The van der Waals surface area contributed by atoms with Crippen molar-refractivity contribution in [1.82, 2.24) is 10.2 Å². The summed E-state index contributed by atoms with van der Waals surface area (Å²) in [5, 5.41) is 16.7. The number of nitro benzene ring substituents is 1. The van der Waals surface area contributed by atoms with E-state index in [2.05, 4.69) is 16.3 Å². The van der Waals surface area contributed by atoms with Gasteiger partial charge in [-0.15, -0.1) is 11.3 Å². The molecular weight excluding hydrogens is 286 g/mol. The molecular formula is C15H17N3O2S. The number of rotatable bonds is 4. The first kappa shape index (κ1) is 14.2. The van der Waals surface area contributed by atoms with E-state index < -0.39 is 0 Å². The van der Waals surface area contributed by atoms with E-state index in [4.69, 9.17) is 0 Å². The molecule has 21 heavy (non-hydrogen) atoms. The van der Waals surface area contributed by atoms with Gasteiger partial charge in [0, 0.05) is 37.1 Å². The molecule has 1 aromatic heterocycles. The van der Waals surface area contributed by atoms with Crippen LogP contribution in [0, 0.1) is 10.1 Å². The lowest BCUT2D eigenvalue weighted by molar-refractivity contribution is -0.385. The summed E-state index contributed by atoms with van der Waals surface area (Å²) in [4.78, 5) is 14.6. The van der Waals surface area contributed by atoms with Crippen LogP contribution in [0.15, 0.2) is 41.8 Å². The Bertz CT molecular complexity index is 609. The molecule has 0 spiro atoms. The molecule has 6 heteroatoms. The van der Waals surface area contributed by atoms with E-state index in [-0.39, 0.29) is 16.7 Å². The van der Waals surface area contributed by atoms with Crippen molar-refractivity contribution in [3.63, 3.8) is 0 Å². The Morgan fingerprint density at radius 1 is 1.19 bits per heavy atom. The molecule has 1 saturated heterocycles. The standard InChI is InChI=1S/C15H17N3O2S/c19-18(20)13-5-2-1-4-12(13)15(14-6-3-11-21-14)17-9-7-16-8-10-17/h1-6,11,15-16H,7-10H2/t15-/m0/s1. The maximum absolute atomic E-state index is 11.4. The molecule has 0 saturated carbocycles. The molecule has 0 bridgehead atoms. The number of nitrogens with one attached hydrogen (secondary N) is 1. The first-order chi connectivity index (χ1) is 10.3. The third-order valence-electron chi connectivity index (χ3n) is 3.76. The van der Waals surface area contributed by atoms with Gasteiger partial charge in [0.2, 0.25) is 0 Å². The number of piperazine rings is 1. The first-order valence-electron chi connectivity index (χ1n) is 6.99. The number of nitrogens with zero attached hydrogens (tertiary/aromatic N) is 2. The summed E-state index contributed by atoms with van der Waals surface area (Å²) in [6, 6.07) is 11.1. The maximum Gasteiger partial charge on any atom is 0.274 e. The molecule has 0 amide bonds. The second-order valence-electron chi connectivity index (χ2n) is 5.02. The summed E-state index contributed by atoms with van der Waals surface area (Å²) in [6.07, 6.45) is 0. The summed E-state index contributed by atoms with van der Waals surface area (Å²) in [6.45, 7) is 3.63. The number of benzene rings is 1. The van der Waals surface area contributed by atoms with Crippen molar-refractivity contribution >= 4 is 17.0 Å². The molecule has 2 heterocycles. The minimum atomic E-state index is -0.280. The molecule has 1 aliphatic rings. The third-order valence-corrected chi connectivity index (χ3v) is 4.68. The van der Waals surface area contributed by atoms with Gasteiger partial charge in [0.15, 0.2) is 0 Å². The molecule has 3 rings (SSSR count). The molecule has 110 valence electrons. The summed E-state index contributed by atoms with van der Waals surface area (Å²) in [5.41, 5.74) is 0.987. The Labute approximate surface area is 127 Å². The fraction of sp³-hybridized carbons (Fsp3) is 0.333. The third kappa shape index (κ3) is 2.97. The largest absolute Gasteiger partial charge is 0.314 e. The van der Waals surface area contributed by atoms with E-state index in [9.17, 15) is 10.1 Å². The number of thiophene rings is 1. The Morgan fingerprint density at radius 3 is 2.62 bits per heavy atom. The molecule has 1 atom stereocenters.